The molecule has 17 heavy (non-hydrogen) atoms. The van der Waals surface area contributed by atoms with E-state index in [2.05, 4.69) is 5.32 Å². The SMILES string of the molecule is COc1cc(NC2CCSCC2)c(N)cc1F. The van der Waals surface area contributed by atoms with E-state index in [-0.39, 0.29) is 5.75 Å². The van der Waals surface area contributed by atoms with E-state index in [0.717, 1.165) is 30.0 Å². The Morgan fingerprint density at radius 3 is 2.76 bits per heavy atom. The van der Waals surface area contributed by atoms with E-state index < -0.39 is 5.82 Å². The molecule has 0 amide bonds. The van der Waals surface area contributed by atoms with Gasteiger partial charge in [0.15, 0.2) is 11.6 Å². The third-order valence-corrected chi connectivity index (χ3v) is 3.95. The molecule has 0 atom stereocenters. The van der Waals surface area contributed by atoms with Gasteiger partial charge < -0.3 is 15.8 Å². The summed E-state index contributed by atoms with van der Waals surface area (Å²) in [5, 5.41) is 3.37. The number of benzene rings is 1. The number of hydrogen-bond acceptors (Lipinski definition) is 4. The monoisotopic (exact) mass is 256 g/mol. The highest BCUT2D eigenvalue weighted by Crippen LogP contribution is 2.30. The molecule has 1 aliphatic rings. The van der Waals surface area contributed by atoms with Gasteiger partial charge in [-0.05, 0) is 24.3 Å². The number of rotatable bonds is 3. The highest BCUT2D eigenvalue weighted by molar-refractivity contribution is 7.99. The molecule has 1 aromatic carbocycles. The Labute approximate surface area is 105 Å². The van der Waals surface area contributed by atoms with Crippen molar-refractivity contribution in [2.24, 2.45) is 0 Å². The maximum Gasteiger partial charge on any atom is 0.167 e. The molecule has 1 saturated heterocycles. The largest absolute Gasteiger partial charge is 0.494 e. The third-order valence-electron chi connectivity index (χ3n) is 2.90. The second-order valence-corrected chi connectivity index (χ2v) is 5.33. The van der Waals surface area contributed by atoms with Gasteiger partial charge in [-0.3, -0.25) is 0 Å². The van der Waals surface area contributed by atoms with Crippen LogP contribution in [0.25, 0.3) is 0 Å². The quantitative estimate of drug-likeness (QED) is 0.816. The number of nitrogen functional groups attached to an aromatic ring is 1. The smallest absolute Gasteiger partial charge is 0.167 e. The summed E-state index contributed by atoms with van der Waals surface area (Å²) in [6.07, 6.45) is 2.23. The van der Waals surface area contributed by atoms with E-state index in [0.29, 0.717) is 11.7 Å². The van der Waals surface area contributed by atoms with Gasteiger partial charge in [0.05, 0.1) is 18.5 Å². The van der Waals surface area contributed by atoms with Gasteiger partial charge in [0.1, 0.15) is 0 Å². The number of nitrogens with one attached hydrogen (secondary N) is 1. The highest BCUT2D eigenvalue weighted by atomic mass is 32.2. The van der Waals surface area contributed by atoms with Crippen molar-refractivity contribution in [2.75, 3.05) is 29.7 Å². The molecule has 0 bridgehead atoms. The molecule has 1 aliphatic heterocycles. The zero-order valence-electron chi connectivity index (χ0n) is 9.83. The van der Waals surface area contributed by atoms with Crippen LogP contribution in [-0.2, 0) is 0 Å². The molecule has 3 nitrogen and oxygen atoms in total. The van der Waals surface area contributed by atoms with Crippen LogP contribution in [0.4, 0.5) is 15.8 Å². The summed E-state index contributed by atoms with van der Waals surface area (Å²) in [6, 6.07) is 3.36. The Morgan fingerprint density at radius 1 is 1.41 bits per heavy atom. The third kappa shape index (κ3) is 2.97. The molecule has 94 valence electrons. The van der Waals surface area contributed by atoms with Gasteiger partial charge in [0.2, 0.25) is 0 Å². The van der Waals surface area contributed by atoms with Crippen LogP contribution >= 0.6 is 11.8 Å². The molecule has 0 saturated carbocycles. The Hall–Kier alpha value is -1.10. The van der Waals surface area contributed by atoms with E-state index in [4.69, 9.17) is 10.5 Å². The minimum Gasteiger partial charge on any atom is -0.494 e. The van der Waals surface area contributed by atoms with Gasteiger partial charge in [-0.1, -0.05) is 0 Å². The van der Waals surface area contributed by atoms with Crippen LogP contribution in [-0.4, -0.2) is 24.7 Å². The lowest BCUT2D eigenvalue weighted by molar-refractivity contribution is 0.387. The van der Waals surface area contributed by atoms with Crippen LogP contribution in [0.2, 0.25) is 0 Å². The van der Waals surface area contributed by atoms with Crippen molar-refractivity contribution in [2.45, 2.75) is 18.9 Å². The van der Waals surface area contributed by atoms with E-state index in [1.807, 2.05) is 11.8 Å². The minimum atomic E-state index is -0.422. The summed E-state index contributed by atoms with van der Waals surface area (Å²) in [7, 11) is 1.45. The lowest BCUT2D eigenvalue weighted by atomic mass is 10.1. The number of hydrogen-bond donors (Lipinski definition) is 2. The first-order valence-electron chi connectivity index (χ1n) is 5.68. The second kappa shape index (κ2) is 5.49. The van der Waals surface area contributed by atoms with Gasteiger partial charge in [-0.25, -0.2) is 4.39 Å². The number of thioether (sulfide) groups is 1. The molecule has 3 N–H and O–H groups in total. The van der Waals surface area contributed by atoms with E-state index >= 15 is 0 Å². The van der Waals surface area contributed by atoms with Crippen molar-refractivity contribution in [3.8, 4) is 5.75 Å². The van der Waals surface area contributed by atoms with Crippen LogP contribution in [0.15, 0.2) is 12.1 Å². The molecule has 1 fully saturated rings. The Balaban J connectivity index is 2.13. The fourth-order valence-electron chi connectivity index (χ4n) is 1.91. The number of halogens is 1. The number of nitrogens with two attached hydrogens (primary N) is 1. The molecule has 0 unspecified atom stereocenters. The zero-order valence-corrected chi connectivity index (χ0v) is 10.6. The van der Waals surface area contributed by atoms with Gasteiger partial charge in [-0.2, -0.15) is 11.8 Å². The van der Waals surface area contributed by atoms with Gasteiger partial charge in [0.25, 0.3) is 0 Å². The average Bonchev–Trinajstić information content (AvgIpc) is 2.34. The molecule has 0 aliphatic carbocycles. The second-order valence-electron chi connectivity index (χ2n) is 4.10. The van der Waals surface area contributed by atoms with E-state index in [9.17, 15) is 4.39 Å². The molecular formula is C12H17FN2OS. The fourth-order valence-corrected chi connectivity index (χ4v) is 3.02. The van der Waals surface area contributed by atoms with Crippen molar-refractivity contribution < 1.29 is 9.13 Å². The van der Waals surface area contributed by atoms with E-state index in [1.165, 1.54) is 13.2 Å². The molecule has 1 aromatic rings. The number of ether oxygens (including phenoxy) is 1. The molecule has 1 heterocycles. The minimum absolute atomic E-state index is 0.229. The van der Waals surface area contributed by atoms with Crippen molar-refractivity contribution in [3.63, 3.8) is 0 Å². The molecular weight excluding hydrogens is 239 g/mol. The first-order chi connectivity index (χ1) is 8.20. The molecule has 2 rings (SSSR count). The first-order valence-corrected chi connectivity index (χ1v) is 6.83. The predicted molar refractivity (Wildman–Crippen MR) is 71.3 cm³/mol. The normalized spacial score (nSPS) is 16.8. The lowest BCUT2D eigenvalue weighted by Gasteiger charge is -2.24. The van der Waals surface area contributed by atoms with Crippen LogP contribution in [0.5, 0.6) is 5.75 Å². The standard InChI is InChI=1S/C12H17FN2OS/c1-16-12-7-11(10(14)6-9(12)13)15-8-2-4-17-5-3-8/h6-8,15H,2-5,14H2,1H3. The predicted octanol–water partition coefficient (Wildman–Crippen LogP) is 2.72. The Kier molecular flexibility index (Phi) is 3.99. The van der Waals surface area contributed by atoms with Crippen LogP contribution < -0.4 is 15.8 Å². The summed E-state index contributed by atoms with van der Waals surface area (Å²) in [4.78, 5) is 0. The highest BCUT2D eigenvalue weighted by Gasteiger charge is 2.16. The zero-order chi connectivity index (χ0) is 12.3. The Morgan fingerprint density at radius 2 is 2.12 bits per heavy atom. The van der Waals surface area contributed by atoms with Crippen molar-refractivity contribution in [1.82, 2.24) is 0 Å². The summed E-state index contributed by atoms with van der Waals surface area (Å²) >= 11 is 1.97. The lowest BCUT2D eigenvalue weighted by Crippen LogP contribution is -2.25. The topological polar surface area (TPSA) is 47.3 Å². The van der Waals surface area contributed by atoms with Gasteiger partial charge >= 0.3 is 0 Å². The van der Waals surface area contributed by atoms with Gasteiger partial charge in [0, 0.05) is 18.2 Å². The summed E-state index contributed by atoms with van der Waals surface area (Å²) in [5.74, 6) is 2.13. The molecule has 0 spiro atoms. The molecule has 5 heteroatoms. The summed E-state index contributed by atoms with van der Waals surface area (Å²) in [5.41, 5.74) is 6.99. The van der Waals surface area contributed by atoms with Crippen LogP contribution in [0.3, 0.4) is 0 Å². The average molecular weight is 256 g/mol. The van der Waals surface area contributed by atoms with Crippen molar-refractivity contribution in [1.29, 1.82) is 0 Å². The van der Waals surface area contributed by atoms with Crippen LogP contribution in [0, 0.1) is 5.82 Å². The molecule has 0 aromatic heterocycles. The maximum absolute atomic E-state index is 13.4. The van der Waals surface area contributed by atoms with Gasteiger partial charge in [-0.15, -0.1) is 0 Å². The van der Waals surface area contributed by atoms with Crippen molar-refractivity contribution in [3.05, 3.63) is 17.9 Å². The summed E-state index contributed by atoms with van der Waals surface area (Å²) < 4.78 is 18.3. The fraction of sp³-hybridized carbons (Fsp3) is 0.500. The number of anilines is 2. The van der Waals surface area contributed by atoms with Crippen LogP contribution in [0.1, 0.15) is 12.8 Å². The maximum atomic E-state index is 13.4. The molecule has 0 radical (unpaired) electrons. The number of methoxy groups -OCH3 is 1. The first kappa shape index (κ1) is 12.4. The summed E-state index contributed by atoms with van der Waals surface area (Å²) in [6.45, 7) is 0. The van der Waals surface area contributed by atoms with Crippen molar-refractivity contribution >= 4 is 23.1 Å². The Bertz CT molecular complexity index is 394. The van der Waals surface area contributed by atoms with E-state index in [1.54, 1.807) is 6.07 Å².